The lowest BCUT2D eigenvalue weighted by Crippen LogP contribution is -2.32. The van der Waals surface area contributed by atoms with Crippen molar-refractivity contribution in [2.24, 2.45) is 0 Å². The number of nitrogens with zero attached hydrogens (tertiary/aromatic N) is 3. The second kappa shape index (κ2) is 24.7. The molecule has 26 nitrogen and oxygen atoms in total. The zero-order valence-electron chi connectivity index (χ0n) is 45.0. The summed E-state index contributed by atoms with van der Waals surface area (Å²) in [5, 5.41) is -0.302. The van der Waals surface area contributed by atoms with E-state index in [-0.39, 0.29) is 110 Å². The molecule has 1 N–H and O–H groups in total. The van der Waals surface area contributed by atoms with Gasteiger partial charge in [0.1, 0.15) is 47.0 Å². The number of allylic oxidation sites excluding steroid dienone is 8. The van der Waals surface area contributed by atoms with Gasteiger partial charge in [-0.1, -0.05) is 42.9 Å². The van der Waals surface area contributed by atoms with Crippen LogP contribution in [0.25, 0.3) is 21.5 Å². The maximum absolute atomic E-state index is 12.7. The summed E-state index contributed by atoms with van der Waals surface area (Å²) in [7, 11) is -29.6. The molecule has 32 heteroatoms. The molecule has 84 heavy (non-hydrogen) atoms. The Bertz CT molecular complexity index is 4230. The highest BCUT2D eigenvalue weighted by molar-refractivity contribution is 7.87. The maximum Gasteiger partial charge on any atom is 0.333 e. The van der Waals surface area contributed by atoms with Crippen LogP contribution in [0, 0.1) is 0 Å². The number of amides is 2. The Hall–Kier alpha value is -6.14. The van der Waals surface area contributed by atoms with Gasteiger partial charge >= 0.3 is 5.97 Å². The summed E-state index contributed by atoms with van der Waals surface area (Å²) in [5.74, 6) is -3.77. The van der Waals surface area contributed by atoms with Crippen molar-refractivity contribution in [3.63, 3.8) is 0 Å². The quantitative estimate of drug-likeness (QED) is 0.0304. The lowest BCUT2D eigenvalue weighted by atomic mass is 9.74. The van der Waals surface area contributed by atoms with Crippen molar-refractivity contribution in [2.75, 3.05) is 43.2 Å². The molecular weight excluding hydrogens is 1230 g/mol. The second-order valence-electron chi connectivity index (χ2n) is 20.4. The van der Waals surface area contributed by atoms with Gasteiger partial charge in [-0.25, -0.2) is 46.9 Å². The number of hydroxylamine groups is 2. The van der Waals surface area contributed by atoms with Crippen LogP contribution >= 0.6 is 0 Å². The average molecular weight is 1280 g/mol. The molecule has 0 bridgehead atoms. The number of unbranched alkanes of at least 4 members (excludes halogenated alkanes) is 2. The molecule has 2 amide bonds. The molecule has 1 saturated heterocycles. The molecule has 3 aliphatic rings. The molecule has 4 aromatic carbocycles. The third-order valence-corrected chi connectivity index (χ3v) is 19.7. The standard InChI is InChI=1S/C52H59N3O23S6/c1-51(23-12-28-79(59,60)61)44(54(26-13-29-80(62,63)64)40-19-17-36-38(49(40)51)30-34(81(65,66)67)32-42(36)83(71,72)73)14-8-5-4-6-9-15-45-52(2,24-27-77-3)50-39-31-35(82(68,69)70)33-43(84(74,75)76)37(39)18-20-41(50)53(45)25-11-7-10-16-48(58)78-55-46(56)21-22-47(55)57/h4-6,8-9,14-15,17-20,30-33H,7,10-13,16,21-29H2,1-3H3,(H5-,59,60,61,62,63,64,65,66,67,68,69,70,71,72,73,74,75,76)/p-4. The van der Waals surface area contributed by atoms with Crippen LogP contribution in [0.1, 0.15) is 89.2 Å². The van der Waals surface area contributed by atoms with Crippen molar-refractivity contribution in [3.05, 3.63) is 108 Å². The van der Waals surface area contributed by atoms with Gasteiger partial charge in [0.2, 0.25) is 5.69 Å². The first-order chi connectivity index (χ1) is 38.9. The molecule has 7 rings (SSSR count). The SMILES string of the molecule is COCCC1(C)\C(=C/C=C/C=C/C=C/C2=[N+](CCCS(=O)(=O)O)c3ccc4c(S(=O)(=O)[O-])cc(S(=O)(=O)[O-])cc4c3C2(C)CCCS(=O)(=O)[O-])N(CCCCCC(=O)ON2C(=O)CCC2=O)c2ccc3c(S(=O)(=O)[O-])cc(S(=O)(=O)[O-])cc3c21. The van der Waals surface area contributed by atoms with E-state index in [0.29, 0.717) is 47.0 Å². The van der Waals surface area contributed by atoms with Gasteiger partial charge in [-0.05, 0) is 110 Å². The highest BCUT2D eigenvalue weighted by Crippen LogP contribution is 2.54. The van der Waals surface area contributed by atoms with E-state index in [1.807, 2.05) is 4.90 Å². The van der Waals surface area contributed by atoms with Gasteiger partial charge in [0.15, 0.2) is 5.71 Å². The predicted octanol–water partition coefficient (Wildman–Crippen LogP) is 4.10. The molecule has 4 aromatic rings. The third-order valence-electron chi connectivity index (χ3n) is 14.7. The van der Waals surface area contributed by atoms with E-state index in [0.717, 1.165) is 12.1 Å². The van der Waals surface area contributed by atoms with Crippen LogP contribution in [0.2, 0.25) is 0 Å². The summed E-state index contributed by atoms with van der Waals surface area (Å²) in [6, 6.07) is 8.16. The Kier molecular flexibility index (Phi) is 19.2. The van der Waals surface area contributed by atoms with Crippen LogP contribution in [0.3, 0.4) is 0 Å². The fraction of sp³-hybridized carbons (Fsp3) is 0.385. The van der Waals surface area contributed by atoms with E-state index in [1.54, 1.807) is 31.2 Å². The molecule has 456 valence electrons. The minimum absolute atomic E-state index is 0.0337. The first-order valence-electron chi connectivity index (χ1n) is 25.6. The number of benzene rings is 4. The van der Waals surface area contributed by atoms with Crippen LogP contribution in [0.15, 0.2) is 116 Å². The summed E-state index contributed by atoms with van der Waals surface area (Å²) >= 11 is 0. The first-order valence-corrected chi connectivity index (χ1v) is 34.4. The van der Waals surface area contributed by atoms with Gasteiger partial charge in [0.25, 0.3) is 21.9 Å². The Morgan fingerprint density at radius 2 is 1.20 bits per heavy atom. The molecule has 0 radical (unpaired) electrons. The van der Waals surface area contributed by atoms with E-state index in [2.05, 4.69) is 0 Å². The van der Waals surface area contributed by atoms with Crippen molar-refractivity contribution in [3.8, 4) is 0 Å². The van der Waals surface area contributed by atoms with Crippen molar-refractivity contribution in [2.45, 2.75) is 108 Å². The van der Waals surface area contributed by atoms with Crippen molar-refractivity contribution in [1.82, 2.24) is 5.06 Å². The number of hydrogen-bond donors (Lipinski definition) is 1. The molecule has 3 heterocycles. The van der Waals surface area contributed by atoms with Crippen LogP contribution in [0.4, 0.5) is 11.4 Å². The van der Waals surface area contributed by atoms with Gasteiger partial charge in [-0.2, -0.15) is 13.0 Å². The van der Waals surface area contributed by atoms with Crippen molar-refractivity contribution >= 4 is 117 Å². The summed E-state index contributed by atoms with van der Waals surface area (Å²) in [4.78, 5) is 39.3. The van der Waals surface area contributed by atoms with Crippen LogP contribution in [-0.2, 0) is 95.5 Å². The molecule has 3 aliphatic heterocycles. The number of rotatable bonds is 26. The second-order valence-corrected chi connectivity index (χ2v) is 29.0. The van der Waals surface area contributed by atoms with Crippen molar-refractivity contribution < 1.29 is 106 Å². The lowest BCUT2D eigenvalue weighted by Gasteiger charge is -2.31. The Morgan fingerprint density at radius 1 is 0.643 bits per heavy atom. The normalized spacial score (nSPS) is 19.7. The first kappa shape index (κ1) is 65.4. The van der Waals surface area contributed by atoms with Gasteiger partial charge in [-0.15, -0.1) is 5.06 Å². The van der Waals surface area contributed by atoms with Crippen molar-refractivity contribution in [1.29, 1.82) is 0 Å². The number of methoxy groups -OCH3 is 1. The van der Waals surface area contributed by atoms with Crippen LogP contribution in [-0.4, -0.2) is 149 Å². The fourth-order valence-corrected chi connectivity index (χ4v) is 14.6. The highest BCUT2D eigenvalue weighted by atomic mass is 32.2. The van der Waals surface area contributed by atoms with Gasteiger partial charge < -0.3 is 37.2 Å². The minimum atomic E-state index is -5.48. The zero-order chi connectivity index (χ0) is 62.2. The van der Waals surface area contributed by atoms with E-state index < -0.39 is 120 Å². The highest BCUT2D eigenvalue weighted by Gasteiger charge is 2.49. The zero-order valence-corrected chi connectivity index (χ0v) is 49.9. The molecule has 0 aromatic heterocycles. The maximum atomic E-state index is 12.7. The largest absolute Gasteiger partial charge is 0.748 e. The number of carbonyl (C=O) groups excluding carboxylic acids is 3. The molecular formula is C52H55N3O23S6-4. The lowest BCUT2D eigenvalue weighted by molar-refractivity contribution is -0.437. The Morgan fingerprint density at radius 3 is 1.75 bits per heavy atom. The number of fused-ring (bicyclic) bond motifs is 6. The number of carbonyl (C=O) groups is 3. The van der Waals surface area contributed by atoms with E-state index in [1.165, 1.54) is 61.1 Å². The summed E-state index contributed by atoms with van der Waals surface area (Å²) in [6.45, 7) is 3.36. The molecule has 0 aliphatic carbocycles. The van der Waals surface area contributed by atoms with E-state index in [9.17, 15) is 92.2 Å². The number of anilines is 1. The van der Waals surface area contributed by atoms with Crippen LogP contribution in [0.5, 0.6) is 0 Å². The fourth-order valence-electron chi connectivity index (χ4n) is 11.0. The molecule has 1 fully saturated rings. The molecule has 0 saturated carbocycles. The van der Waals surface area contributed by atoms with Crippen LogP contribution < -0.4 is 4.90 Å². The molecule has 0 spiro atoms. The third kappa shape index (κ3) is 14.6. The summed E-state index contributed by atoms with van der Waals surface area (Å²) < 4.78 is 227. The molecule has 2 atom stereocenters. The van der Waals surface area contributed by atoms with Gasteiger partial charge in [-0.3, -0.25) is 14.1 Å². The smallest absolute Gasteiger partial charge is 0.333 e. The Labute approximate surface area is 485 Å². The van der Waals surface area contributed by atoms with Gasteiger partial charge in [0.05, 0.1) is 40.9 Å². The minimum Gasteiger partial charge on any atom is -0.748 e. The number of imide groups is 1. The number of ether oxygens (including phenoxy) is 1. The summed E-state index contributed by atoms with van der Waals surface area (Å²) in [6.07, 6.45) is 10.9. The summed E-state index contributed by atoms with van der Waals surface area (Å²) in [5.41, 5.74) is -0.926. The topological polar surface area (TPSA) is 420 Å². The van der Waals surface area contributed by atoms with E-state index in [4.69, 9.17) is 9.57 Å². The van der Waals surface area contributed by atoms with E-state index >= 15 is 0 Å². The van der Waals surface area contributed by atoms with Gasteiger partial charge in [0, 0.05) is 91.6 Å². The molecule has 2 unspecified atom stereocenters. The number of hydrogen-bond acceptors (Lipinski definition) is 23. The average Bonchev–Trinajstić information content (AvgIpc) is 1.54. The predicted molar refractivity (Wildman–Crippen MR) is 294 cm³/mol. The monoisotopic (exact) mass is 1280 g/mol. The Balaban J connectivity index is 1.31.